The maximum Gasteiger partial charge on any atom is 0.411 e. The fraction of sp³-hybridized carbons (Fsp3) is 0.559. The van der Waals surface area contributed by atoms with E-state index in [0.29, 0.717) is 18.0 Å². The molecule has 2 aromatic carbocycles. The predicted octanol–water partition coefficient (Wildman–Crippen LogP) is 4.53. The number of thioether (sulfide) groups is 1. The maximum absolute atomic E-state index is 14.4. The highest BCUT2D eigenvalue weighted by molar-refractivity contribution is 8.00. The average Bonchev–Trinajstić information content (AvgIpc) is 3.52. The van der Waals surface area contributed by atoms with E-state index in [1.807, 2.05) is 0 Å². The molecule has 0 spiro atoms. The van der Waals surface area contributed by atoms with E-state index in [-0.39, 0.29) is 35.9 Å². The molecule has 1 saturated carbocycles. The van der Waals surface area contributed by atoms with E-state index in [0.717, 1.165) is 37.7 Å². The number of nitrogens with zero attached hydrogens (tertiary/aromatic N) is 1. The van der Waals surface area contributed by atoms with Crippen LogP contribution < -0.4 is 15.4 Å². The Hall–Kier alpha value is -3.45. The molecule has 0 radical (unpaired) electrons. The second-order valence-corrected chi connectivity index (χ2v) is 16.6. The highest BCUT2D eigenvalue weighted by Crippen LogP contribution is 2.30. The van der Waals surface area contributed by atoms with Gasteiger partial charge in [-0.2, -0.15) is 0 Å². The lowest BCUT2D eigenvalue weighted by molar-refractivity contribution is -0.123. The van der Waals surface area contributed by atoms with Crippen LogP contribution in [-0.4, -0.2) is 90.3 Å². The van der Waals surface area contributed by atoms with Crippen molar-refractivity contribution >= 4 is 39.5 Å². The molecule has 4 rings (SSSR count). The molecule has 13 heteroatoms. The summed E-state index contributed by atoms with van der Waals surface area (Å²) in [6.07, 6.45) is 4.10. The molecule has 2 fully saturated rings. The van der Waals surface area contributed by atoms with E-state index in [4.69, 9.17) is 9.47 Å². The summed E-state index contributed by atoms with van der Waals surface area (Å²) in [5.74, 6) is -0.283. The largest absolute Gasteiger partial charge is 0.507 e. The smallest absolute Gasteiger partial charge is 0.411 e. The molecule has 2 aromatic rings. The maximum atomic E-state index is 14.4. The monoisotopic (exact) mass is 689 g/mol. The van der Waals surface area contributed by atoms with Crippen LogP contribution in [0.2, 0.25) is 0 Å². The number of phenols is 1. The van der Waals surface area contributed by atoms with Gasteiger partial charge in [0.25, 0.3) is 11.8 Å². The number of para-hydroxylation sites is 1. The van der Waals surface area contributed by atoms with Crippen LogP contribution in [0.4, 0.5) is 4.79 Å². The van der Waals surface area contributed by atoms with Gasteiger partial charge in [0, 0.05) is 18.8 Å². The fourth-order valence-electron chi connectivity index (χ4n) is 6.01. The zero-order chi connectivity index (χ0) is 34.2. The van der Waals surface area contributed by atoms with Crippen LogP contribution in [-0.2, 0) is 25.8 Å². The summed E-state index contributed by atoms with van der Waals surface area (Å²) in [6, 6.07) is 12.1. The third-order valence-corrected chi connectivity index (χ3v) is 12.0. The van der Waals surface area contributed by atoms with Gasteiger partial charge < -0.3 is 25.2 Å². The molecule has 3 amide bonds. The van der Waals surface area contributed by atoms with E-state index in [9.17, 15) is 27.9 Å². The van der Waals surface area contributed by atoms with Crippen molar-refractivity contribution in [2.75, 3.05) is 31.7 Å². The van der Waals surface area contributed by atoms with Gasteiger partial charge in [-0.25, -0.2) is 13.2 Å². The van der Waals surface area contributed by atoms with Gasteiger partial charge in [0.1, 0.15) is 17.1 Å². The number of benzene rings is 2. The number of hydrogen-bond donors (Lipinski definition) is 3. The Bertz CT molecular complexity index is 1490. The first kappa shape index (κ1) is 36.4. The molecule has 3 N–H and O–H groups in total. The van der Waals surface area contributed by atoms with E-state index in [2.05, 4.69) is 10.6 Å². The molecule has 2 aliphatic rings. The normalized spacial score (nSPS) is 18.6. The van der Waals surface area contributed by atoms with E-state index in [1.54, 1.807) is 64.3 Å². The Morgan fingerprint density at radius 1 is 1.04 bits per heavy atom. The van der Waals surface area contributed by atoms with Gasteiger partial charge in [0.05, 0.1) is 29.7 Å². The quantitative estimate of drug-likeness (QED) is 0.292. The summed E-state index contributed by atoms with van der Waals surface area (Å²) >= 11 is 1.26. The molecule has 0 bridgehead atoms. The number of ether oxygens (including phenoxy) is 2. The summed E-state index contributed by atoms with van der Waals surface area (Å²) < 4.78 is 39.5. The number of amides is 3. The first-order valence-electron chi connectivity index (χ1n) is 16.1. The van der Waals surface area contributed by atoms with Crippen LogP contribution in [0, 0.1) is 5.92 Å². The van der Waals surface area contributed by atoms with Crippen LogP contribution in [0.3, 0.4) is 0 Å². The fourth-order valence-corrected chi connectivity index (χ4v) is 9.47. The lowest BCUT2D eigenvalue weighted by Crippen LogP contribution is -2.57. The Morgan fingerprint density at radius 2 is 1.72 bits per heavy atom. The molecule has 47 heavy (non-hydrogen) atoms. The Morgan fingerprint density at radius 3 is 2.36 bits per heavy atom. The van der Waals surface area contributed by atoms with Crippen molar-refractivity contribution < 1.29 is 37.4 Å². The standard InChI is InChI=1S/C34H47N3O8S2/c1-34(2,3)45-33(41)37-18-19-46-32(37)31(40)36-27(21-35-30(39)26-12-8-9-13-28(26)38)29(20-23-14-16-25(44-4)17-15-23)47(42,43)22-24-10-6-5-7-11-24/h8-9,12-17,24,27,29,32,38H,5-7,10-11,18-22H2,1-4H3,(H,35,39)(H,36,40). The second-order valence-electron chi connectivity index (χ2n) is 13.2. The number of sulfone groups is 1. The van der Waals surface area contributed by atoms with Gasteiger partial charge in [-0.3, -0.25) is 14.5 Å². The minimum atomic E-state index is -3.84. The summed E-state index contributed by atoms with van der Waals surface area (Å²) in [7, 11) is -2.29. The van der Waals surface area contributed by atoms with Crippen molar-refractivity contribution in [1.29, 1.82) is 0 Å². The van der Waals surface area contributed by atoms with Crippen LogP contribution in [0.25, 0.3) is 0 Å². The van der Waals surface area contributed by atoms with E-state index < -0.39 is 50.0 Å². The molecule has 3 atom stereocenters. The minimum absolute atomic E-state index is 0.00683. The van der Waals surface area contributed by atoms with Gasteiger partial charge >= 0.3 is 6.09 Å². The van der Waals surface area contributed by atoms with Gasteiger partial charge in [-0.05, 0) is 75.8 Å². The van der Waals surface area contributed by atoms with Crippen molar-refractivity contribution in [2.24, 2.45) is 5.92 Å². The molecule has 1 aliphatic heterocycles. The highest BCUT2D eigenvalue weighted by atomic mass is 32.2. The van der Waals surface area contributed by atoms with Crippen LogP contribution in [0.15, 0.2) is 48.5 Å². The van der Waals surface area contributed by atoms with Crippen LogP contribution in [0.5, 0.6) is 11.5 Å². The molecule has 1 aliphatic carbocycles. The van der Waals surface area contributed by atoms with Crippen molar-refractivity contribution in [2.45, 2.75) is 81.6 Å². The van der Waals surface area contributed by atoms with Gasteiger partial charge in [0.2, 0.25) is 0 Å². The van der Waals surface area contributed by atoms with Gasteiger partial charge in [-0.1, -0.05) is 43.5 Å². The number of rotatable bonds is 12. The first-order valence-corrected chi connectivity index (χ1v) is 18.9. The predicted molar refractivity (Wildman–Crippen MR) is 182 cm³/mol. The molecule has 1 saturated heterocycles. The molecule has 11 nitrogen and oxygen atoms in total. The van der Waals surface area contributed by atoms with Crippen LogP contribution in [0.1, 0.15) is 68.8 Å². The molecule has 0 aromatic heterocycles. The second kappa shape index (κ2) is 16.1. The number of carbonyl (C=O) groups excluding carboxylic acids is 3. The number of methoxy groups -OCH3 is 1. The zero-order valence-corrected chi connectivity index (χ0v) is 29.2. The topological polar surface area (TPSA) is 151 Å². The first-order chi connectivity index (χ1) is 22.3. The van der Waals surface area contributed by atoms with Gasteiger partial charge in [-0.15, -0.1) is 11.8 Å². The Balaban J connectivity index is 1.66. The number of carbonyl (C=O) groups is 3. The lowest BCUT2D eigenvalue weighted by Gasteiger charge is -2.32. The van der Waals surface area contributed by atoms with E-state index in [1.165, 1.54) is 28.8 Å². The zero-order valence-electron chi connectivity index (χ0n) is 27.6. The Kier molecular flexibility index (Phi) is 12.5. The van der Waals surface area contributed by atoms with Crippen molar-refractivity contribution in [3.63, 3.8) is 0 Å². The summed E-state index contributed by atoms with van der Waals surface area (Å²) in [6.45, 7) is 5.29. The molecule has 1 heterocycles. The van der Waals surface area contributed by atoms with Crippen molar-refractivity contribution in [1.82, 2.24) is 15.5 Å². The highest BCUT2D eigenvalue weighted by Gasteiger charge is 2.41. The number of nitrogens with one attached hydrogen (secondary N) is 2. The van der Waals surface area contributed by atoms with Crippen molar-refractivity contribution in [3.8, 4) is 11.5 Å². The van der Waals surface area contributed by atoms with E-state index >= 15 is 0 Å². The summed E-state index contributed by atoms with van der Waals surface area (Å²) in [4.78, 5) is 41.4. The van der Waals surface area contributed by atoms with Crippen LogP contribution >= 0.6 is 11.8 Å². The number of hydrogen-bond acceptors (Lipinski definition) is 9. The third-order valence-electron chi connectivity index (χ3n) is 8.40. The minimum Gasteiger partial charge on any atom is -0.507 e. The average molecular weight is 690 g/mol. The van der Waals surface area contributed by atoms with Gasteiger partial charge in [0.15, 0.2) is 15.2 Å². The molecular weight excluding hydrogens is 643 g/mol. The van der Waals surface area contributed by atoms with Crippen molar-refractivity contribution in [3.05, 3.63) is 59.7 Å². The number of aromatic hydroxyl groups is 1. The molecule has 258 valence electrons. The molecule has 3 unspecified atom stereocenters. The number of phenolic OH excluding ortho intramolecular Hbond substituents is 1. The SMILES string of the molecule is COc1ccc(CC(C(CNC(=O)c2ccccc2O)NC(=O)C2SCCN2C(=O)OC(C)(C)C)S(=O)(=O)CC2CCCCC2)cc1. The molecular formula is C34H47N3O8S2. The Labute approximate surface area is 282 Å². The lowest BCUT2D eigenvalue weighted by atomic mass is 9.91. The third kappa shape index (κ3) is 10.3. The summed E-state index contributed by atoms with van der Waals surface area (Å²) in [5, 5.41) is 13.9. The summed E-state index contributed by atoms with van der Waals surface area (Å²) in [5.41, 5.74) is -0.0191.